The molecule has 0 bridgehead atoms. The van der Waals surface area contributed by atoms with Gasteiger partial charge in [-0.15, -0.1) is 11.3 Å². The minimum Gasteiger partial charge on any atom is -0.320 e. The summed E-state index contributed by atoms with van der Waals surface area (Å²) >= 11 is 1.30. The van der Waals surface area contributed by atoms with Gasteiger partial charge in [0.1, 0.15) is 0 Å². The van der Waals surface area contributed by atoms with Crippen molar-refractivity contribution < 1.29 is 4.92 Å². The molecule has 0 saturated carbocycles. The van der Waals surface area contributed by atoms with Gasteiger partial charge in [0, 0.05) is 30.1 Å². The maximum Gasteiger partial charge on any atom is 0.270 e. The molecule has 0 aliphatic heterocycles. The van der Waals surface area contributed by atoms with Crippen molar-refractivity contribution in [2.24, 2.45) is 7.05 Å². The van der Waals surface area contributed by atoms with Crippen molar-refractivity contribution in [2.45, 2.75) is 0 Å². The van der Waals surface area contributed by atoms with Crippen molar-refractivity contribution in [2.75, 3.05) is 0 Å². The molecule has 0 saturated heterocycles. The molecule has 0 amide bonds. The number of rotatable bonds is 2. The van der Waals surface area contributed by atoms with Crippen molar-refractivity contribution in [1.82, 2.24) is 4.57 Å². The maximum absolute atomic E-state index is 10.6. The highest BCUT2D eigenvalue weighted by molar-refractivity contribution is 7.07. The third kappa shape index (κ3) is 1.74. The number of aromatic nitrogens is 1. The largest absolute Gasteiger partial charge is 0.320 e. The monoisotopic (exact) mass is 235 g/mol. The SMILES string of the molecule is Cn1c(-c2cccc([N+](=O)[O-])c2)csc1=N. The van der Waals surface area contributed by atoms with Crippen molar-refractivity contribution in [3.05, 3.63) is 44.6 Å². The van der Waals surface area contributed by atoms with Crippen LogP contribution in [0.3, 0.4) is 0 Å². The first kappa shape index (κ1) is 10.6. The lowest BCUT2D eigenvalue weighted by atomic mass is 10.1. The molecule has 0 unspecified atom stereocenters. The minimum atomic E-state index is -0.419. The zero-order valence-electron chi connectivity index (χ0n) is 8.51. The molecule has 5 nitrogen and oxygen atoms in total. The number of nitrogens with zero attached hydrogens (tertiary/aromatic N) is 2. The Kier molecular flexibility index (Phi) is 2.57. The van der Waals surface area contributed by atoms with Crippen molar-refractivity contribution in [1.29, 1.82) is 5.41 Å². The quantitative estimate of drug-likeness (QED) is 0.639. The van der Waals surface area contributed by atoms with Gasteiger partial charge in [0.15, 0.2) is 4.80 Å². The van der Waals surface area contributed by atoms with E-state index in [1.807, 2.05) is 5.38 Å². The van der Waals surface area contributed by atoms with Gasteiger partial charge in [0.25, 0.3) is 5.69 Å². The number of thiazole rings is 1. The Morgan fingerprint density at radius 1 is 1.50 bits per heavy atom. The molecule has 0 spiro atoms. The van der Waals surface area contributed by atoms with E-state index in [-0.39, 0.29) is 5.69 Å². The summed E-state index contributed by atoms with van der Waals surface area (Å²) in [6.45, 7) is 0. The van der Waals surface area contributed by atoms with E-state index in [1.54, 1.807) is 23.7 Å². The second-order valence-corrected chi connectivity index (χ2v) is 4.15. The molecule has 1 heterocycles. The van der Waals surface area contributed by atoms with Gasteiger partial charge in [-0.05, 0) is 0 Å². The average molecular weight is 235 g/mol. The highest BCUT2D eigenvalue weighted by Gasteiger charge is 2.09. The first-order chi connectivity index (χ1) is 7.59. The summed E-state index contributed by atoms with van der Waals surface area (Å²) in [5.74, 6) is 0. The van der Waals surface area contributed by atoms with Crippen LogP contribution in [0.2, 0.25) is 0 Å². The van der Waals surface area contributed by atoms with Crippen LogP contribution in [-0.2, 0) is 7.05 Å². The van der Waals surface area contributed by atoms with Crippen LogP contribution >= 0.6 is 11.3 Å². The van der Waals surface area contributed by atoms with Gasteiger partial charge in [-0.3, -0.25) is 15.5 Å². The summed E-state index contributed by atoms with van der Waals surface area (Å²) in [7, 11) is 1.77. The molecule has 6 heteroatoms. The lowest BCUT2D eigenvalue weighted by molar-refractivity contribution is -0.384. The highest BCUT2D eigenvalue weighted by atomic mass is 32.1. The summed E-state index contributed by atoms with van der Waals surface area (Å²) in [6, 6.07) is 6.42. The van der Waals surface area contributed by atoms with Gasteiger partial charge in [-0.1, -0.05) is 12.1 Å². The normalized spacial score (nSPS) is 10.3. The molecule has 0 fully saturated rings. The standard InChI is InChI=1S/C10H9N3O2S/c1-12-9(6-16-10(12)11)7-3-2-4-8(5-7)13(14)15/h2-6,11H,1H3. The van der Waals surface area contributed by atoms with E-state index < -0.39 is 4.92 Å². The molecular formula is C10H9N3O2S. The van der Waals surface area contributed by atoms with Crippen molar-refractivity contribution >= 4 is 17.0 Å². The van der Waals surface area contributed by atoms with Gasteiger partial charge in [0.2, 0.25) is 0 Å². The molecule has 0 atom stereocenters. The number of non-ortho nitro benzene ring substituents is 1. The minimum absolute atomic E-state index is 0.0650. The molecule has 16 heavy (non-hydrogen) atoms. The van der Waals surface area contributed by atoms with Crippen LogP contribution in [0.15, 0.2) is 29.6 Å². The predicted octanol–water partition coefficient (Wildman–Crippen LogP) is 2.14. The van der Waals surface area contributed by atoms with Crippen molar-refractivity contribution in [3.8, 4) is 11.3 Å². The maximum atomic E-state index is 10.6. The van der Waals surface area contributed by atoms with E-state index in [2.05, 4.69) is 0 Å². The molecule has 0 radical (unpaired) electrons. The predicted molar refractivity (Wildman–Crippen MR) is 61.2 cm³/mol. The van der Waals surface area contributed by atoms with Crippen LogP contribution in [0.5, 0.6) is 0 Å². The molecule has 2 rings (SSSR count). The topological polar surface area (TPSA) is 71.9 Å². The fourth-order valence-electron chi connectivity index (χ4n) is 1.42. The Bertz CT molecular complexity index is 600. The lowest BCUT2D eigenvalue weighted by Crippen LogP contribution is -2.08. The smallest absolute Gasteiger partial charge is 0.270 e. The molecule has 1 aromatic carbocycles. The summed E-state index contributed by atoms with van der Waals surface area (Å²) in [6.07, 6.45) is 0. The van der Waals surface area contributed by atoms with Crippen LogP contribution < -0.4 is 4.80 Å². The molecular weight excluding hydrogens is 226 g/mol. The number of hydrogen-bond donors (Lipinski definition) is 1. The Morgan fingerprint density at radius 3 is 2.81 bits per heavy atom. The van der Waals surface area contributed by atoms with Gasteiger partial charge >= 0.3 is 0 Å². The Hall–Kier alpha value is -1.95. The van der Waals surface area contributed by atoms with E-state index in [4.69, 9.17) is 5.41 Å². The summed E-state index contributed by atoms with van der Waals surface area (Å²) in [4.78, 5) is 10.6. The van der Waals surface area contributed by atoms with E-state index in [0.29, 0.717) is 4.80 Å². The lowest BCUT2D eigenvalue weighted by Gasteiger charge is -2.01. The fraction of sp³-hybridized carbons (Fsp3) is 0.100. The van der Waals surface area contributed by atoms with Crippen LogP contribution in [0.1, 0.15) is 0 Å². The molecule has 1 aromatic heterocycles. The third-order valence-corrected chi connectivity index (χ3v) is 3.14. The first-order valence-corrected chi connectivity index (χ1v) is 5.41. The average Bonchev–Trinajstić information content (AvgIpc) is 2.60. The number of nitrogens with one attached hydrogen (secondary N) is 1. The van der Waals surface area contributed by atoms with Gasteiger partial charge < -0.3 is 4.57 Å². The van der Waals surface area contributed by atoms with Crippen LogP contribution in [-0.4, -0.2) is 9.49 Å². The zero-order chi connectivity index (χ0) is 11.7. The molecule has 0 aliphatic carbocycles. The fourth-order valence-corrected chi connectivity index (χ4v) is 2.19. The first-order valence-electron chi connectivity index (χ1n) is 4.53. The van der Waals surface area contributed by atoms with Gasteiger partial charge in [-0.2, -0.15) is 0 Å². The highest BCUT2D eigenvalue weighted by Crippen LogP contribution is 2.23. The second kappa shape index (κ2) is 3.90. The molecule has 1 N–H and O–H groups in total. The van der Waals surface area contributed by atoms with Crippen LogP contribution in [0, 0.1) is 15.5 Å². The summed E-state index contributed by atoms with van der Waals surface area (Å²) < 4.78 is 1.70. The summed E-state index contributed by atoms with van der Waals surface area (Å²) in [5.41, 5.74) is 1.64. The van der Waals surface area contributed by atoms with E-state index >= 15 is 0 Å². The molecule has 82 valence electrons. The van der Waals surface area contributed by atoms with Crippen LogP contribution in [0.25, 0.3) is 11.3 Å². The van der Waals surface area contributed by atoms with E-state index in [1.165, 1.54) is 23.5 Å². The van der Waals surface area contributed by atoms with Crippen LogP contribution in [0.4, 0.5) is 5.69 Å². The third-order valence-electron chi connectivity index (χ3n) is 2.30. The van der Waals surface area contributed by atoms with E-state index in [0.717, 1.165) is 11.3 Å². The number of nitro benzene ring substituents is 1. The molecule has 0 aliphatic rings. The summed E-state index contributed by atoms with van der Waals surface area (Å²) in [5, 5.41) is 20.0. The Labute approximate surface area is 95.3 Å². The Balaban J connectivity index is 2.57. The zero-order valence-corrected chi connectivity index (χ0v) is 9.32. The van der Waals surface area contributed by atoms with Gasteiger partial charge in [-0.25, -0.2) is 0 Å². The molecule has 2 aromatic rings. The number of benzene rings is 1. The van der Waals surface area contributed by atoms with Gasteiger partial charge in [0.05, 0.1) is 10.6 Å². The second-order valence-electron chi connectivity index (χ2n) is 3.29. The van der Waals surface area contributed by atoms with E-state index in [9.17, 15) is 10.1 Å². The number of nitro groups is 1. The van der Waals surface area contributed by atoms with Crippen molar-refractivity contribution in [3.63, 3.8) is 0 Å². The number of hydrogen-bond acceptors (Lipinski definition) is 4. The Morgan fingerprint density at radius 2 is 2.25 bits per heavy atom.